The third kappa shape index (κ3) is 2.54. The van der Waals surface area contributed by atoms with Crippen molar-refractivity contribution >= 4 is 5.91 Å². The molecule has 4 heteroatoms. The molecule has 1 aliphatic rings. The van der Waals surface area contributed by atoms with Gasteiger partial charge >= 0.3 is 0 Å². The first-order valence-corrected chi connectivity index (χ1v) is 4.09. The van der Waals surface area contributed by atoms with Crippen molar-refractivity contribution in [3.63, 3.8) is 0 Å². The topological polar surface area (TPSA) is 64.3 Å². The molecule has 1 fully saturated rings. The van der Waals surface area contributed by atoms with Gasteiger partial charge in [0.25, 0.3) is 0 Å². The SMILES string of the molecule is NC=CNC(=O)C1CCOCC1. The van der Waals surface area contributed by atoms with Crippen LogP contribution < -0.4 is 11.1 Å². The second kappa shape index (κ2) is 4.77. The molecule has 0 saturated carbocycles. The van der Waals surface area contributed by atoms with Gasteiger partial charge < -0.3 is 15.8 Å². The summed E-state index contributed by atoms with van der Waals surface area (Å²) < 4.78 is 5.13. The van der Waals surface area contributed by atoms with E-state index in [0.29, 0.717) is 13.2 Å². The number of nitrogens with two attached hydrogens (primary N) is 1. The zero-order chi connectivity index (χ0) is 8.81. The molecule has 0 aromatic heterocycles. The lowest BCUT2D eigenvalue weighted by Crippen LogP contribution is -2.31. The van der Waals surface area contributed by atoms with Crippen molar-refractivity contribution in [2.75, 3.05) is 13.2 Å². The van der Waals surface area contributed by atoms with Gasteiger partial charge in [-0.2, -0.15) is 0 Å². The summed E-state index contributed by atoms with van der Waals surface area (Å²) in [6.07, 6.45) is 4.39. The Labute approximate surface area is 71.8 Å². The zero-order valence-electron chi connectivity index (χ0n) is 6.95. The van der Waals surface area contributed by atoms with E-state index < -0.39 is 0 Å². The number of carbonyl (C=O) groups excluding carboxylic acids is 1. The Morgan fingerprint density at radius 1 is 1.50 bits per heavy atom. The molecule has 4 nitrogen and oxygen atoms in total. The molecule has 1 saturated heterocycles. The molecule has 12 heavy (non-hydrogen) atoms. The van der Waals surface area contributed by atoms with Gasteiger partial charge in [0.05, 0.1) is 0 Å². The fourth-order valence-corrected chi connectivity index (χ4v) is 1.21. The number of ether oxygens (including phenoxy) is 1. The Bertz CT molecular complexity index is 174. The molecule has 1 rings (SSSR count). The quantitative estimate of drug-likeness (QED) is 0.611. The van der Waals surface area contributed by atoms with Crippen LogP contribution in [0.1, 0.15) is 12.8 Å². The number of carbonyl (C=O) groups is 1. The van der Waals surface area contributed by atoms with E-state index in [9.17, 15) is 4.79 Å². The summed E-state index contributed by atoms with van der Waals surface area (Å²) in [4.78, 5) is 11.3. The molecule has 0 unspecified atom stereocenters. The van der Waals surface area contributed by atoms with Gasteiger partial charge in [0, 0.05) is 31.5 Å². The van der Waals surface area contributed by atoms with Crippen molar-refractivity contribution in [3.05, 3.63) is 12.4 Å². The number of hydrogen-bond acceptors (Lipinski definition) is 3. The molecular formula is C8H14N2O2. The van der Waals surface area contributed by atoms with Gasteiger partial charge in [0.1, 0.15) is 0 Å². The first-order valence-electron chi connectivity index (χ1n) is 4.09. The molecule has 1 amide bonds. The maximum absolute atomic E-state index is 11.3. The summed E-state index contributed by atoms with van der Waals surface area (Å²) in [6, 6.07) is 0. The van der Waals surface area contributed by atoms with E-state index >= 15 is 0 Å². The minimum Gasteiger partial charge on any atom is -0.403 e. The highest BCUT2D eigenvalue weighted by Gasteiger charge is 2.20. The second-order valence-electron chi connectivity index (χ2n) is 2.75. The minimum absolute atomic E-state index is 0.0417. The summed E-state index contributed by atoms with van der Waals surface area (Å²) in [5.41, 5.74) is 5.09. The molecule has 0 aliphatic carbocycles. The molecule has 0 aromatic rings. The number of rotatable bonds is 2. The fourth-order valence-electron chi connectivity index (χ4n) is 1.21. The average Bonchev–Trinajstić information content (AvgIpc) is 2.15. The Hall–Kier alpha value is -1.03. The number of nitrogens with one attached hydrogen (secondary N) is 1. The van der Waals surface area contributed by atoms with E-state index in [2.05, 4.69) is 5.32 Å². The lowest BCUT2D eigenvalue weighted by molar-refractivity contribution is -0.126. The van der Waals surface area contributed by atoms with Gasteiger partial charge in [-0.15, -0.1) is 0 Å². The van der Waals surface area contributed by atoms with E-state index in [-0.39, 0.29) is 11.8 Å². The molecule has 1 aliphatic heterocycles. The molecule has 1 heterocycles. The minimum atomic E-state index is 0.0417. The van der Waals surface area contributed by atoms with Crippen LogP contribution >= 0.6 is 0 Å². The van der Waals surface area contributed by atoms with Crippen molar-refractivity contribution in [3.8, 4) is 0 Å². The first kappa shape index (κ1) is 9.06. The molecule has 0 aromatic carbocycles. The lowest BCUT2D eigenvalue weighted by Gasteiger charge is -2.20. The highest BCUT2D eigenvalue weighted by molar-refractivity contribution is 5.79. The average molecular weight is 170 g/mol. The third-order valence-corrected chi connectivity index (χ3v) is 1.91. The maximum Gasteiger partial charge on any atom is 0.227 e. The van der Waals surface area contributed by atoms with Crippen LogP contribution in [0, 0.1) is 5.92 Å². The summed E-state index contributed by atoms with van der Waals surface area (Å²) in [6.45, 7) is 1.37. The van der Waals surface area contributed by atoms with Crippen molar-refractivity contribution in [2.45, 2.75) is 12.8 Å². The molecule has 0 bridgehead atoms. The summed E-state index contributed by atoms with van der Waals surface area (Å²) in [5, 5.41) is 2.60. The van der Waals surface area contributed by atoms with Crippen LogP contribution in [0.5, 0.6) is 0 Å². The predicted molar refractivity (Wildman–Crippen MR) is 45.0 cm³/mol. The summed E-state index contributed by atoms with van der Waals surface area (Å²) in [5.74, 6) is 0.134. The summed E-state index contributed by atoms with van der Waals surface area (Å²) in [7, 11) is 0. The molecule has 0 atom stereocenters. The largest absolute Gasteiger partial charge is 0.403 e. The van der Waals surface area contributed by atoms with Crippen LogP contribution in [0.2, 0.25) is 0 Å². The fraction of sp³-hybridized carbons (Fsp3) is 0.625. The highest BCUT2D eigenvalue weighted by Crippen LogP contribution is 2.14. The Balaban J connectivity index is 2.29. The zero-order valence-corrected chi connectivity index (χ0v) is 6.95. The third-order valence-electron chi connectivity index (χ3n) is 1.91. The molecule has 3 N–H and O–H groups in total. The smallest absolute Gasteiger partial charge is 0.227 e. The van der Waals surface area contributed by atoms with Gasteiger partial charge in [0.15, 0.2) is 0 Å². The second-order valence-corrected chi connectivity index (χ2v) is 2.75. The van der Waals surface area contributed by atoms with Crippen LogP contribution in [0.4, 0.5) is 0 Å². The van der Waals surface area contributed by atoms with Crippen molar-refractivity contribution in [1.29, 1.82) is 0 Å². The lowest BCUT2D eigenvalue weighted by atomic mass is 10.00. The number of hydrogen-bond donors (Lipinski definition) is 2. The molecule has 0 radical (unpaired) electrons. The van der Waals surface area contributed by atoms with Crippen LogP contribution in [0.3, 0.4) is 0 Å². The Morgan fingerprint density at radius 3 is 2.75 bits per heavy atom. The van der Waals surface area contributed by atoms with Crippen LogP contribution in [-0.2, 0) is 9.53 Å². The van der Waals surface area contributed by atoms with Crippen molar-refractivity contribution in [2.24, 2.45) is 11.7 Å². The molecule has 68 valence electrons. The molecule has 0 spiro atoms. The first-order chi connectivity index (χ1) is 5.84. The molecular weight excluding hydrogens is 156 g/mol. The van der Waals surface area contributed by atoms with E-state index in [1.807, 2.05) is 0 Å². The predicted octanol–water partition coefficient (Wildman–Crippen LogP) is -0.0409. The number of amides is 1. The van der Waals surface area contributed by atoms with Gasteiger partial charge in [-0.1, -0.05) is 0 Å². The van der Waals surface area contributed by atoms with Crippen LogP contribution in [0.15, 0.2) is 12.4 Å². The Kier molecular flexibility index (Phi) is 3.60. The van der Waals surface area contributed by atoms with Gasteiger partial charge in [0.2, 0.25) is 5.91 Å². The van der Waals surface area contributed by atoms with E-state index in [0.717, 1.165) is 12.8 Å². The normalized spacial score (nSPS) is 19.7. The maximum atomic E-state index is 11.3. The van der Waals surface area contributed by atoms with Gasteiger partial charge in [-0.05, 0) is 12.8 Å². The highest BCUT2D eigenvalue weighted by atomic mass is 16.5. The van der Waals surface area contributed by atoms with E-state index in [1.54, 1.807) is 0 Å². The van der Waals surface area contributed by atoms with Crippen molar-refractivity contribution < 1.29 is 9.53 Å². The Morgan fingerprint density at radius 2 is 2.17 bits per heavy atom. The summed E-state index contributed by atoms with van der Waals surface area (Å²) >= 11 is 0. The van der Waals surface area contributed by atoms with Crippen molar-refractivity contribution in [1.82, 2.24) is 5.32 Å². The van der Waals surface area contributed by atoms with E-state index in [1.165, 1.54) is 12.4 Å². The van der Waals surface area contributed by atoms with Gasteiger partial charge in [-0.25, -0.2) is 0 Å². The van der Waals surface area contributed by atoms with E-state index in [4.69, 9.17) is 10.5 Å². The van der Waals surface area contributed by atoms with Crippen LogP contribution in [0.25, 0.3) is 0 Å². The monoisotopic (exact) mass is 170 g/mol. The van der Waals surface area contributed by atoms with Gasteiger partial charge in [-0.3, -0.25) is 4.79 Å². The van der Waals surface area contributed by atoms with Crippen LogP contribution in [-0.4, -0.2) is 19.1 Å². The standard InChI is InChI=1S/C8H14N2O2/c9-3-4-10-8(11)7-1-5-12-6-2-7/h3-4,7H,1-2,5-6,9H2,(H,10,11).